The van der Waals surface area contributed by atoms with Gasteiger partial charge in [-0.05, 0) is 23.6 Å². The number of rotatable bonds is 3. The summed E-state index contributed by atoms with van der Waals surface area (Å²) in [6.07, 6.45) is 0.373. The highest BCUT2D eigenvalue weighted by atomic mass is 32.2. The lowest BCUT2D eigenvalue weighted by molar-refractivity contribution is -0.135. The summed E-state index contributed by atoms with van der Waals surface area (Å²) in [4.78, 5) is 28.1. The SMILES string of the molecule is CC(C)(C)[C@H](NC(=O)n1nc(-c2ccc(F)c(F)c2)c2c1CCOC2)C(=O)N1CCS(=O)(=O)CC1. The van der Waals surface area contributed by atoms with Crippen LogP contribution >= 0.6 is 0 Å². The first kappa shape index (κ1) is 25.2. The molecule has 2 aliphatic heterocycles. The van der Waals surface area contributed by atoms with Gasteiger partial charge in [-0.1, -0.05) is 20.8 Å². The van der Waals surface area contributed by atoms with E-state index in [1.54, 1.807) is 20.8 Å². The fourth-order valence-electron chi connectivity index (χ4n) is 4.23. The number of nitrogens with zero attached hydrogens (tertiary/aromatic N) is 3. The fraction of sp³-hybridized carbons (Fsp3) is 0.522. The first-order chi connectivity index (χ1) is 16.4. The van der Waals surface area contributed by atoms with Gasteiger partial charge in [-0.25, -0.2) is 22.0 Å². The second-order valence-electron chi connectivity index (χ2n) is 9.84. The molecule has 0 spiro atoms. The van der Waals surface area contributed by atoms with Crippen LogP contribution < -0.4 is 5.32 Å². The van der Waals surface area contributed by atoms with Crippen molar-refractivity contribution in [1.29, 1.82) is 0 Å². The maximum atomic E-state index is 13.9. The molecule has 1 fully saturated rings. The molecule has 2 aliphatic rings. The zero-order chi connectivity index (χ0) is 25.5. The van der Waals surface area contributed by atoms with Crippen LogP contribution in [0.5, 0.6) is 0 Å². The van der Waals surface area contributed by atoms with Crippen LogP contribution in [0.25, 0.3) is 11.3 Å². The molecule has 1 saturated heterocycles. The summed E-state index contributed by atoms with van der Waals surface area (Å²) in [5, 5.41) is 7.16. The number of nitrogens with one attached hydrogen (secondary N) is 1. The summed E-state index contributed by atoms with van der Waals surface area (Å²) in [7, 11) is -3.17. The Kier molecular flexibility index (Phi) is 6.71. The first-order valence-corrected chi connectivity index (χ1v) is 13.1. The van der Waals surface area contributed by atoms with Crippen molar-refractivity contribution in [3.8, 4) is 11.3 Å². The maximum absolute atomic E-state index is 13.9. The molecule has 9 nitrogen and oxygen atoms in total. The number of ether oxygens (including phenoxy) is 1. The molecule has 190 valence electrons. The van der Waals surface area contributed by atoms with Crippen LogP contribution in [-0.4, -0.2) is 72.3 Å². The highest BCUT2D eigenvalue weighted by molar-refractivity contribution is 7.91. The summed E-state index contributed by atoms with van der Waals surface area (Å²) in [5.41, 5.74) is 1.08. The molecule has 2 aromatic rings. The van der Waals surface area contributed by atoms with Crippen molar-refractivity contribution in [2.45, 2.75) is 39.8 Å². The first-order valence-electron chi connectivity index (χ1n) is 11.3. The Labute approximate surface area is 202 Å². The number of hydrogen-bond donors (Lipinski definition) is 1. The molecule has 0 saturated carbocycles. The monoisotopic (exact) mass is 510 g/mol. The number of amides is 2. The third-order valence-corrected chi connectivity index (χ3v) is 7.85. The van der Waals surface area contributed by atoms with Gasteiger partial charge in [0.2, 0.25) is 5.91 Å². The van der Waals surface area contributed by atoms with Gasteiger partial charge < -0.3 is 15.0 Å². The molecule has 2 amide bonds. The zero-order valence-electron chi connectivity index (χ0n) is 19.8. The van der Waals surface area contributed by atoms with E-state index >= 15 is 0 Å². The molecule has 3 heterocycles. The van der Waals surface area contributed by atoms with E-state index in [0.29, 0.717) is 35.5 Å². The minimum absolute atomic E-state index is 0.0679. The summed E-state index contributed by atoms with van der Waals surface area (Å²) < 4.78 is 57.5. The number of benzene rings is 1. The molecule has 1 atom stereocenters. The van der Waals surface area contributed by atoms with Gasteiger partial charge in [0.05, 0.1) is 36.1 Å². The van der Waals surface area contributed by atoms with E-state index < -0.39 is 39.0 Å². The van der Waals surface area contributed by atoms with Crippen LogP contribution in [0, 0.1) is 17.0 Å². The van der Waals surface area contributed by atoms with E-state index in [9.17, 15) is 26.8 Å². The maximum Gasteiger partial charge on any atom is 0.343 e. The quantitative estimate of drug-likeness (QED) is 0.678. The van der Waals surface area contributed by atoms with Crippen molar-refractivity contribution in [2.24, 2.45) is 5.41 Å². The predicted molar refractivity (Wildman–Crippen MR) is 123 cm³/mol. The Balaban J connectivity index is 1.64. The molecule has 4 rings (SSSR count). The van der Waals surface area contributed by atoms with Crippen LogP contribution in [0.2, 0.25) is 0 Å². The Bertz CT molecular complexity index is 1260. The number of hydrogen-bond acceptors (Lipinski definition) is 6. The lowest BCUT2D eigenvalue weighted by Crippen LogP contribution is -2.58. The normalized spacial score (nSPS) is 18.6. The van der Waals surface area contributed by atoms with Crippen molar-refractivity contribution in [2.75, 3.05) is 31.2 Å². The average molecular weight is 511 g/mol. The van der Waals surface area contributed by atoms with E-state index in [1.165, 1.54) is 11.0 Å². The molecule has 35 heavy (non-hydrogen) atoms. The van der Waals surface area contributed by atoms with E-state index in [4.69, 9.17) is 4.74 Å². The van der Waals surface area contributed by atoms with Crippen molar-refractivity contribution >= 4 is 21.8 Å². The standard InChI is InChI=1S/C23H28F2N4O5S/c1-23(2,3)20(21(30)28-7-10-35(32,33)11-8-28)26-22(31)29-18-6-9-34-13-15(18)19(27-29)14-4-5-16(24)17(25)12-14/h4-5,12,20H,6-11,13H2,1-3H3,(H,26,31)/t20-/m1/s1. The second-order valence-corrected chi connectivity index (χ2v) is 12.1. The number of aromatic nitrogens is 2. The van der Waals surface area contributed by atoms with Crippen LogP contribution in [0.4, 0.5) is 13.6 Å². The van der Waals surface area contributed by atoms with Gasteiger partial charge in [-0.3, -0.25) is 4.79 Å². The van der Waals surface area contributed by atoms with E-state index in [1.807, 2.05) is 0 Å². The highest BCUT2D eigenvalue weighted by Crippen LogP contribution is 2.30. The zero-order valence-corrected chi connectivity index (χ0v) is 20.6. The van der Waals surface area contributed by atoms with Gasteiger partial charge in [0, 0.05) is 30.6 Å². The Hall–Kier alpha value is -2.86. The van der Waals surface area contributed by atoms with Gasteiger partial charge in [0.15, 0.2) is 21.5 Å². The van der Waals surface area contributed by atoms with Gasteiger partial charge in [0.25, 0.3) is 0 Å². The Morgan fingerprint density at radius 3 is 2.46 bits per heavy atom. The second kappa shape index (κ2) is 9.30. The number of carbonyl (C=O) groups excluding carboxylic acids is 2. The van der Waals surface area contributed by atoms with Crippen molar-refractivity contribution in [3.63, 3.8) is 0 Å². The topological polar surface area (TPSA) is 111 Å². The Morgan fingerprint density at radius 2 is 1.83 bits per heavy atom. The van der Waals surface area contributed by atoms with Gasteiger partial charge in [0.1, 0.15) is 6.04 Å². The van der Waals surface area contributed by atoms with E-state index in [0.717, 1.165) is 16.8 Å². The minimum Gasteiger partial charge on any atom is -0.376 e. The molecule has 0 aliphatic carbocycles. The summed E-state index contributed by atoms with van der Waals surface area (Å²) >= 11 is 0. The largest absolute Gasteiger partial charge is 0.376 e. The molecule has 1 aromatic carbocycles. The van der Waals surface area contributed by atoms with Crippen LogP contribution in [0.1, 0.15) is 32.0 Å². The van der Waals surface area contributed by atoms with E-state index in [2.05, 4.69) is 10.4 Å². The summed E-state index contributed by atoms with van der Waals surface area (Å²) in [5.74, 6) is -2.63. The molecular formula is C23H28F2N4O5S. The Morgan fingerprint density at radius 1 is 1.14 bits per heavy atom. The number of carbonyl (C=O) groups is 2. The van der Waals surface area contributed by atoms with E-state index in [-0.39, 0.29) is 37.1 Å². The number of sulfone groups is 1. The van der Waals surface area contributed by atoms with Crippen LogP contribution in [-0.2, 0) is 32.4 Å². The lowest BCUT2D eigenvalue weighted by Gasteiger charge is -2.36. The molecule has 1 aromatic heterocycles. The average Bonchev–Trinajstić information content (AvgIpc) is 3.18. The molecule has 0 unspecified atom stereocenters. The molecule has 1 N–H and O–H groups in total. The number of halogens is 2. The number of fused-ring (bicyclic) bond motifs is 1. The third kappa shape index (κ3) is 5.22. The lowest BCUT2D eigenvalue weighted by atomic mass is 9.85. The highest BCUT2D eigenvalue weighted by Gasteiger charge is 2.38. The van der Waals surface area contributed by atoms with Crippen molar-refractivity contribution in [1.82, 2.24) is 20.0 Å². The van der Waals surface area contributed by atoms with Gasteiger partial charge in [-0.15, -0.1) is 0 Å². The smallest absolute Gasteiger partial charge is 0.343 e. The summed E-state index contributed by atoms with van der Waals surface area (Å²) in [6.45, 7) is 6.05. The fourth-order valence-corrected chi connectivity index (χ4v) is 5.43. The van der Waals surface area contributed by atoms with Crippen molar-refractivity contribution < 1.29 is 31.5 Å². The van der Waals surface area contributed by atoms with Gasteiger partial charge >= 0.3 is 6.03 Å². The van der Waals surface area contributed by atoms with Crippen molar-refractivity contribution in [3.05, 3.63) is 41.1 Å². The molecule has 0 radical (unpaired) electrons. The van der Waals surface area contributed by atoms with Crippen LogP contribution in [0.15, 0.2) is 18.2 Å². The minimum atomic E-state index is -3.17. The summed E-state index contributed by atoms with van der Waals surface area (Å²) in [6, 6.07) is 1.80. The molecular weight excluding hydrogens is 482 g/mol. The van der Waals surface area contributed by atoms with Crippen LogP contribution in [0.3, 0.4) is 0 Å². The van der Waals surface area contributed by atoms with Gasteiger partial charge in [-0.2, -0.15) is 9.78 Å². The molecule has 12 heteroatoms. The third-order valence-electron chi connectivity index (χ3n) is 6.24. The predicted octanol–water partition coefficient (Wildman–Crippen LogP) is 2.13. The molecule has 0 bridgehead atoms.